The van der Waals surface area contributed by atoms with Crippen molar-refractivity contribution in [2.75, 3.05) is 7.05 Å². The zero-order valence-electron chi connectivity index (χ0n) is 17.6. The molecule has 3 heterocycles. The van der Waals surface area contributed by atoms with Crippen molar-refractivity contribution < 1.29 is 4.79 Å². The molecule has 0 radical (unpaired) electrons. The highest BCUT2D eigenvalue weighted by Gasteiger charge is 2.30. The van der Waals surface area contributed by atoms with Gasteiger partial charge in [0.15, 0.2) is 5.65 Å². The molecule has 8 heteroatoms. The van der Waals surface area contributed by atoms with Crippen LogP contribution in [0.2, 0.25) is 0 Å². The molecule has 1 aliphatic rings. The molecule has 1 amide bonds. The molecule has 154 valence electrons. The van der Waals surface area contributed by atoms with E-state index in [0.717, 1.165) is 52.0 Å². The molecule has 0 unspecified atom stereocenters. The van der Waals surface area contributed by atoms with E-state index < -0.39 is 0 Å². The third kappa shape index (κ3) is 3.70. The van der Waals surface area contributed by atoms with Crippen LogP contribution in [-0.4, -0.2) is 42.4 Å². The first-order valence-corrected chi connectivity index (χ1v) is 11.0. The van der Waals surface area contributed by atoms with Crippen molar-refractivity contribution in [3.63, 3.8) is 0 Å². The van der Waals surface area contributed by atoms with Gasteiger partial charge in [-0.2, -0.15) is 10.2 Å². The van der Waals surface area contributed by atoms with Crippen molar-refractivity contribution in [1.29, 1.82) is 0 Å². The maximum absolute atomic E-state index is 13.5. The number of carbonyl (C=O) groups is 1. The summed E-state index contributed by atoms with van der Waals surface area (Å²) < 4.78 is 4.72. The quantitative estimate of drug-likeness (QED) is 0.546. The number of pyridine rings is 1. The van der Waals surface area contributed by atoms with Crippen molar-refractivity contribution in [2.45, 2.75) is 65.6 Å². The monoisotopic (exact) mass is 458 g/mol. The molecule has 3 aromatic rings. The van der Waals surface area contributed by atoms with Gasteiger partial charge in [-0.25, -0.2) is 9.67 Å². The lowest BCUT2D eigenvalue weighted by Crippen LogP contribution is -2.27. The first-order valence-electron chi connectivity index (χ1n) is 10.2. The molecule has 0 atom stereocenters. The van der Waals surface area contributed by atoms with Crippen LogP contribution >= 0.6 is 15.9 Å². The Hall–Kier alpha value is -2.22. The Morgan fingerprint density at radius 1 is 1.34 bits per heavy atom. The normalized spacial score (nSPS) is 14.2. The summed E-state index contributed by atoms with van der Waals surface area (Å²) in [5.41, 5.74) is 4.21. The summed E-state index contributed by atoms with van der Waals surface area (Å²) in [7, 11) is 1.82. The van der Waals surface area contributed by atoms with Gasteiger partial charge in [0.05, 0.1) is 33.4 Å². The molecule has 4 rings (SSSR count). The number of fused-ring (bicyclic) bond motifs is 1. The van der Waals surface area contributed by atoms with Gasteiger partial charge in [0, 0.05) is 37.4 Å². The Balaban J connectivity index is 1.75. The molecule has 0 bridgehead atoms. The Labute approximate surface area is 179 Å². The molecule has 1 saturated carbocycles. The second-order valence-electron chi connectivity index (χ2n) is 8.13. The first kappa shape index (κ1) is 20.1. The van der Waals surface area contributed by atoms with E-state index >= 15 is 0 Å². The summed E-state index contributed by atoms with van der Waals surface area (Å²) in [6.45, 7) is 9.40. The average molecular weight is 459 g/mol. The van der Waals surface area contributed by atoms with Gasteiger partial charge in [-0.15, -0.1) is 0 Å². The van der Waals surface area contributed by atoms with Gasteiger partial charge >= 0.3 is 0 Å². The number of nitrogens with zero attached hydrogens (tertiary/aromatic N) is 6. The number of rotatable bonds is 6. The molecule has 1 fully saturated rings. The molecule has 29 heavy (non-hydrogen) atoms. The fraction of sp³-hybridized carbons (Fsp3) is 0.524. The average Bonchev–Trinajstić information content (AvgIpc) is 3.41. The highest BCUT2D eigenvalue weighted by molar-refractivity contribution is 9.10. The van der Waals surface area contributed by atoms with Crippen LogP contribution in [0.5, 0.6) is 0 Å². The number of carbonyl (C=O) groups excluding carboxylic acids is 1. The summed E-state index contributed by atoms with van der Waals surface area (Å²) >= 11 is 3.56. The minimum atomic E-state index is -0.0244. The van der Waals surface area contributed by atoms with Crippen molar-refractivity contribution in [1.82, 2.24) is 29.4 Å². The van der Waals surface area contributed by atoms with E-state index in [-0.39, 0.29) is 11.9 Å². The van der Waals surface area contributed by atoms with Crippen LogP contribution in [-0.2, 0) is 13.1 Å². The van der Waals surface area contributed by atoms with Crippen LogP contribution in [0, 0.1) is 6.92 Å². The third-order valence-corrected chi connectivity index (χ3v) is 6.08. The topological polar surface area (TPSA) is 68.8 Å². The molecule has 1 aliphatic carbocycles. The molecule has 3 aromatic heterocycles. The second-order valence-corrected chi connectivity index (χ2v) is 8.99. The minimum Gasteiger partial charge on any atom is -0.336 e. The predicted molar refractivity (Wildman–Crippen MR) is 116 cm³/mol. The highest BCUT2D eigenvalue weighted by Crippen LogP contribution is 2.41. The number of halogens is 1. The van der Waals surface area contributed by atoms with E-state index in [1.54, 1.807) is 4.90 Å². The zero-order valence-corrected chi connectivity index (χ0v) is 19.2. The zero-order chi connectivity index (χ0) is 20.9. The second kappa shape index (κ2) is 7.55. The largest absolute Gasteiger partial charge is 0.336 e. The van der Waals surface area contributed by atoms with E-state index in [4.69, 9.17) is 4.98 Å². The van der Waals surface area contributed by atoms with Gasteiger partial charge in [-0.3, -0.25) is 9.48 Å². The van der Waals surface area contributed by atoms with E-state index in [1.165, 1.54) is 0 Å². The van der Waals surface area contributed by atoms with Crippen LogP contribution in [0.25, 0.3) is 11.0 Å². The van der Waals surface area contributed by atoms with Gasteiger partial charge in [0.2, 0.25) is 0 Å². The Kier molecular flexibility index (Phi) is 5.23. The van der Waals surface area contributed by atoms with Gasteiger partial charge in [0.1, 0.15) is 0 Å². The summed E-state index contributed by atoms with van der Waals surface area (Å²) in [5, 5.41) is 10.1. The maximum Gasteiger partial charge on any atom is 0.254 e. The Morgan fingerprint density at radius 3 is 2.66 bits per heavy atom. The fourth-order valence-electron chi connectivity index (χ4n) is 3.66. The van der Waals surface area contributed by atoms with Crippen molar-refractivity contribution in [3.8, 4) is 0 Å². The third-order valence-electron chi connectivity index (χ3n) is 5.42. The number of aryl methyl sites for hydroxylation is 2. The van der Waals surface area contributed by atoms with Crippen LogP contribution in [0.15, 0.2) is 16.7 Å². The minimum absolute atomic E-state index is 0.0244. The predicted octanol–water partition coefficient (Wildman–Crippen LogP) is 4.45. The van der Waals surface area contributed by atoms with Gasteiger partial charge < -0.3 is 4.90 Å². The molecular weight excluding hydrogens is 432 g/mol. The van der Waals surface area contributed by atoms with Crippen LogP contribution in [0.1, 0.15) is 73.0 Å². The van der Waals surface area contributed by atoms with Crippen molar-refractivity contribution in [3.05, 3.63) is 39.4 Å². The number of hydrogen-bond donors (Lipinski definition) is 0. The summed E-state index contributed by atoms with van der Waals surface area (Å²) in [6.07, 6.45) is 4.22. The Morgan fingerprint density at radius 2 is 2.07 bits per heavy atom. The van der Waals surface area contributed by atoms with E-state index in [2.05, 4.69) is 40.0 Å². The van der Waals surface area contributed by atoms with Gasteiger partial charge in [-0.05, 0) is 62.5 Å². The van der Waals surface area contributed by atoms with E-state index in [1.807, 2.05) is 42.5 Å². The van der Waals surface area contributed by atoms with Gasteiger partial charge in [-0.1, -0.05) is 0 Å². The number of amides is 1. The molecule has 0 aliphatic heterocycles. The lowest BCUT2D eigenvalue weighted by molar-refractivity contribution is 0.0784. The fourth-order valence-corrected chi connectivity index (χ4v) is 4.10. The van der Waals surface area contributed by atoms with Crippen molar-refractivity contribution in [2.24, 2.45) is 0 Å². The first-order chi connectivity index (χ1) is 13.8. The lowest BCUT2D eigenvalue weighted by Gasteiger charge is -2.18. The standard InChI is InChI=1S/C21H27BrN6O/c1-6-27-10-16(22)18(25-27)11-26(5)21(29)15-9-17(14-7-8-14)23-20-19(15)13(4)24-28(20)12(2)3/h9-10,12,14H,6-8,11H2,1-5H3. The number of aromatic nitrogens is 5. The summed E-state index contributed by atoms with van der Waals surface area (Å²) in [5.74, 6) is 0.435. The summed E-state index contributed by atoms with van der Waals surface area (Å²) in [6, 6.07) is 2.17. The Bertz CT molecular complexity index is 1080. The summed E-state index contributed by atoms with van der Waals surface area (Å²) in [4.78, 5) is 20.1. The van der Waals surface area contributed by atoms with Crippen LogP contribution in [0.4, 0.5) is 0 Å². The smallest absolute Gasteiger partial charge is 0.254 e. The van der Waals surface area contributed by atoms with Gasteiger partial charge in [0.25, 0.3) is 5.91 Å². The molecule has 0 N–H and O–H groups in total. The van der Waals surface area contributed by atoms with E-state index in [0.29, 0.717) is 18.0 Å². The number of hydrogen-bond acceptors (Lipinski definition) is 4. The highest BCUT2D eigenvalue weighted by atomic mass is 79.9. The van der Waals surface area contributed by atoms with Crippen molar-refractivity contribution >= 4 is 32.9 Å². The maximum atomic E-state index is 13.5. The molecule has 0 saturated heterocycles. The molecule has 0 spiro atoms. The SMILES string of the molecule is CCn1cc(Br)c(CN(C)C(=O)c2cc(C3CC3)nc3c2c(C)nn3C(C)C)n1. The molecule has 0 aromatic carbocycles. The molecule has 7 nitrogen and oxygen atoms in total. The molecular formula is C21H27BrN6O. The van der Waals surface area contributed by atoms with Crippen LogP contribution in [0.3, 0.4) is 0 Å². The van der Waals surface area contributed by atoms with E-state index in [9.17, 15) is 4.79 Å². The van der Waals surface area contributed by atoms with Crippen LogP contribution < -0.4 is 0 Å². The lowest BCUT2D eigenvalue weighted by atomic mass is 10.1.